The molecule has 1 aromatic carbocycles. The molecule has 1 saturated heterocycles. The van der Waals surface area contributed by atoms with E-state index in [9.17, 15) is 14.4 Å². The second-order valence-corrected chi connectivity index (χ2v) is 6.89. The second-order valence-electron chi connectivity index (χ2n) is 6.89. The van der Waals surface area contributed by atoms with Crippen LogP contribution in [0.5, 0.6) is 0 Å². The van der Waals surface area contributed by atoms with Crippen LogP contribution in [-0.2, 0) is 16.1 Å². The number of imide groups is 1. The van der Waals surface area contributed by atoms with Crippen molar-refractivity contribution < 1.29 is 14.4 Å². The molecule has 7 heteroatoms. The fourth-order valence-electron chi connectivity index (χ4n) is 2.85. The van der Waals surface area contributed by atoms with E-state index < -0.39 is 0 Å². The van der Waals surface area contributed by atoms with Crippen molar-refractivity contribution in [3.63, 3.8) is 0 Å². The van der Waals surface area contributed by atoms with Gasteiger partial charge in [-0.15, -0.1) is 0 Å². The van der Waals surface area contributed by atoms with E-state index in [0.29, 0.717) is 32.5 Å². The van der Waals surface area contributed by atoms with Crippen molar-refractivity contribution in [2.45, 2.75) is 19.4 Å². The third kappa shape index (κ3) is 5.56. The Morgan fingerprint density at radius 2 is 1.81 bits per heavy atom. The molecule has 0 bridgehead atoms. The molecule has 0 atom stereocenters. The zero-order valence-electron chi connectivity index (χ0n) is 15.9. The van der Waals surface area contributed by atoms with Crippen LogP contribution in [0.2, 0.25) is 0 Å². The van der Waals surface area contributed by atoms with E-state index in [1.807, 2.05) is 54.2 Å². The fraction of sp³-hybridized carbons (Fsp3) is 0.526. The molecule has 1 aromatic rings. The third-order valence-corrected chi connectivity index (χ3v) is 4.39. The van der Waals surface area contributed by atoms with E-state index >= 15 is 0 Å². The van der Waals surface area contributed by atoms with Gasteiger partial charge in [-0.25, -0.2) is 4.79 Å². The first kappa shape index (κ1) is 19.9. The van der Waals surface area contributed by atoms with Gasteiger partial charge >= 0.3 is 6.03 Å². The third-order valence-electron chi connectivity index (χ3n) is 4.39. The van der Waals surface area contributed by atoms with Crippen molar-refractivity contribution in [1.29, 1.82) is 0 Å². The first-order valence-electron chi connectivity index (χ1n) is 8.90. The number of likely N-dealkylation sites (N-methyl/N-ethyl adjacent to an activating group) is 2. The molecular formula is C19H28N4O3. The largest absolute Gasteiger partial charge is 0.337 e. The van der Waals surface area contributed by atoms with E-state index in [2.05, 4.69) is 0 Å². The molecule has 26 heavy (non-hydrogen) atoms. The molecule has 0 aliphatic carbocycles. The van der Waals surface area contributed by atoms with Crippen molar-refractivity contribution in [1.82, 2.24) is 19.6 Å². The maximum absolute atomic E-state index is 12.7. The lowest BCUT2D eigenvalue weighted by molar-refractivity contribution is -0.132. The Morgan fingerprint density at radius 3 is 2.38 bits per heavy atom. The highest BCUT2D eigenvalue weighted by Crippen LogP contribution is 2.11. The number of benzene rings is 1. The number of carbonyl (C=O) groups is 3. The highest BCUT2D eigenvalue weighted by atomic mass is 16.2. The highest BCUT2D eigenvalue weighted by molar-refractivity contribution is 6.01. The van der Waals surface area contributed by atoms with Crippen LogP contribution in [0, 0.1) is 0 Å². The Bertz CT molecular complexity index is 633. The van der Waals surface area contributed by atoms with Gasteiger partial charge in [0.2, 0.25) is 11.8 Å². The van der Waals surface area contributed by atoms with Gasteiger partial charge in [0.25, 0.3) is 0 Å². The maximum atomic E-state index is 12.7. The summed E-state index contributed by atoms with van der Waals surface area (Å²) in [5, 5.41) is 0. The Kier molecular flexibility index (Phi) is 7.15. The van der Waals surface area contributed by atoms with Crippen molar-refractivity contribution in [3.8, 4) is 0 Å². The summed E-state index contributed by atoms with van der Waals surface area (Å²) in [6.45, 7) is 2.41. The number of carbonyl (C=O) groups excluding carboxylic acids is 3. The van der Waals surface area contributed by atoms with Crippen LogP contribution < -0.4 is 0 Å². The number of amides is 4. The van der Waals surface area contributed by atoms with E-state index in [4.69, 9.17) is 0 Å². The van der Waals surface area contributed by atoms with Gasteiger partial charge in [0, 0.05) is 39.6 Å². The molecule has 2 rings (SSSR count). The zero-order valence-corrected chi connectivity index (χ0v) is 15.9. The molecule has 1 aliphatic heterocycles. The van der Waals surface area contributed by atoms with Crippen LogP contribution in [0.25, 0.3) is 0 Å². The lowest BCUT2D eigenvalue weighted by atomic mass is 10.2. The van der Waals surface area contributed by atoms with Gasteiger partial charge in [-0.2, -0.15) is 0 Å². The van der Waals surface area contributed by atoms with Crippen molar-refractivity contribution in [2.24, 2.45) is 0 Å². The minimum atomic E-state index is -0.281. The molecule has 1 heterocycles. The Hall–Kier alpha value is -2.41. The maximum Gasteiger partial charge on any atom is 0.326 e. The molecule has 7 nitrogen and oxygen atoms in total. The number of hydrogen-bond donors (Lipinski definition) is 0. The molecule has 4 amide bonds. The van der Waals surface area contributed by atoms with Gasteiger partial charge in [0.05, 0.1) is 0 Å². The smallest absolute Gasteiger partial charge is 0.326 e. The number of rotatable bonds is 9. The summed E-state index contributed by atoms with van der Waals surface area (Å²) in [5.74, 6) is -0.151. The van der Waals surface area contributed by atoms with Crippen molar-refractivity contribution >= 4 is 17.8 Å². The van der Waals surface area contributed by atoms with Crippen LogP contribution in [-0.4, -0.2) is 84.8 Å². The summed E-state index contributed by atoms with van der Waals surface area (Å²) >= 11 is 0. The summed E-state index contributed by atoms with van der Waals surface area (Å²) in [4.78, 5) is 42.8. The normalized spacial score (nSPS) is 14.5. The predicted molar refractivity (Wildman–Crippen MR) is 99.4 cm³/mol. The van der Waals surface area contributed by atoms with Gasteiger partial charge in [-0.1, -0.05) is 30.3 Å². The standard InChI is InChI=1S/C19H28N4O3/c1-20(2)12-13-22(14-16-8-5-4-6-9-16)17(24)10-7-11-23-18(25)15-21(3)19(23)26/h4-6,8-9H,7,10-15H2,1-3H3. The molecule has 142 valence electrons. The van der Waals surface area contributed by atoms with Gasteiger partial charge in [-0.3, -0.25) is 14.5 Å². The number of hydrogen-bond acceptors (Lipinski definition) is 4. The van der Waals surface area contributed by atoms with Crippen LogP contribution in [0.1, 0.15) is 18.4 Å². The average molecular weight is 360 g/mol. The minimum absolute atomic E-state index is 0.0446. The first-order chi connectivity index (χ1) is 12.4. The summed E-state index contributed by atoms with van der Waals surface area (Å²) in [6, 6.07) is 9.61. The van der Waals surface area contributed by atoms with E-state index in [1.54, 1.807) is 7.05 Å². The van der Waals surface area contributed by atoms with Gasteiger partial charge in [0.1, 0.15) is 6.54 Å². The molecule has 1 aliphatic rings. The zero-order chi connectivity index (χ0) is 19.1. The molecule has 0 unspecified atom stereocenters. The Labute approximate surface area is 155 Å². The Morgan fingerprint density at radius 1 is 1.12 bits per heavy atom. The van der Waals surface area contributed by atoms with E-state index in [0.717, 1.165) is 12.1 Å². The molecule has 0 spiro atoms. The molecule has 0 radical (unpaired) electrons. The molecular weight excluding hydrogens is 332 g/mol. The summed E-state index contributed by atoms with van der Waals surface area (Å²) in [7, 11) is 5.56. The lowest BCUT2D eigenvalue weighted by Crippen LogP contribution is -2.37. The molecule has 0 N–H and O–H groups in total. The topological polar surface area (TPSA) is 64.2 Å². The fourth-order valence-corrected chi connectivity index (χ4v) is 2.85. The minimum Gasteiger partial charge on any atom is -0.337 e. The van der Waals surface area contributed by atoms with Crippen LogP contribution >= 0.6 is 0 Å². The Balaban J connectivity index is 1.89. The van der Waals surface area contributed by atoms with Crippen LogP contribution in [0.4, 0.5) is 4.79 Å². The van der Waals surface area contributed by atoms with Crippen molar-refractivity contribution in [2.75, 3.05) is 47.3 Å². The first-order valence-corrected chi connectivity index (χ1v) is 8.90. The molecule has 0 saturated carbocycles. The van der Waals surface area contributed by atoms with Crippen LogP contribution in [0.3, 0.4) is 0 Å². The number of urea groups is 1. The summed E-state index contributed by atoms with van der Waals surface area (Å²) in [5.41, 5.74) is 1.09. The molecule has 1 fully saturated rings. The lowest BCUT2D eigenvalue weighted by Gasteiger charge is -2.25. The SMILES string of the molecule is CN(C)CCN(Cc1ccccc1)C(=O)CCCN1C(=O)CN(C)C1=O. The van der Waals surface area contributed by atoms with Gasteiger partial charge in [-0.05, 0) is 26.1 Å². The van der Waals surface area contributed by atoms with Gasteiger partial charge in [0.15, 0.2) is 0 Å². The van der Waals surface area contributed by atoms with E-state index in [1.165, 1.54) is 9.80 Å². The van der Waals surface area contributed by atoms with E-state index in [-0.39, 0.29) is 24.4 Å². The quantitative estimate of drug-likeness (QED) is 0.622. The predicted octanol–water partition coefficient (Wildman–Crippen LogP) is 1.25. The summed E-state index contributed by atoms with van der Waals surface area (Å²) < 4.78 is 0. The monoisotopic (exact) mass is 360 g/mol. The molecule has 0 aromatic heterocycles. The summed E-state index contributed by atoms with van der Waals surface area (Å²) in [6.07, 6.45) is 0.804. The highest BCUT2D eigenvalue weighted by Gasteiger charge is 2.33. The number of nitrogens with zero attached hydrogens (tertiary/aromatic N) is 4. The van der Waals surface area contributed by atoms with Gasteiger partial charge < -0.3 is 14.7 Å². The average Bonchev–Trinajstić information content (AvgIpc) is 2.85. The van der Waals surface area contributed by atoms with Crippen molar-refractivity contribution in [3.05, 3.63) is 35.9 Å². The van der Waals surface area contributed by atoms with Crippen LogP contribution in [0.15, 0.2) is 30.3 Å². The second kappa shape index (κ2) is 9.33.